The minimum atomic E-state index is -3.13. The van der Waals surface area contributed by atoms with Crippen LogP contribution in [0, 0.1) is 5.82 Å². The van der Waals surface area contributed by atoms with Gasteiger partial charge in [0.1, 0.15) is 5.82 Å². The molecule has 1 aromatic rings. The van der Waals surface area contributed by atoms with E-state index in [1.165, 1.54) is 12.1 Å². The van der Waals surface area contributed by atoms with Gasteiger partial charge in [0.05, 0.1) is 17.1 Å². The van der Waals surface area contributed by atoms with Crippen LogP contribution < -0.4 is 0 Å². The molecule has 0 aromatic heterocycles. The molecule has 17 heavy (non-hydrogen) atoms. The molecule has 0 amide bonds. The maximum Gasteiger partial charge on any atom is 0.153 e. The Morgan fingerprint density at radius 2 is 2.18 bits per heavy atom. The highest BCUT2D eigenvalue weighted by Crippen LogP contribution is 2.30. The molecule has 0 aliphatic carbocycles. The number of hydrogen-bond acceptors (Lipinski definition) is 3. The lowest BCUT2D eigenvalue weighted by atomic mass is 9.94. The van der Waals surface area contributed by atoms with Gasteiger partial charge in [0.15, 0.2) is 9.84 Å². The van der Waals surface area contributed by atoms with Crippen LogP contribution in [0.4, 0.5) is 4.39 Å². The summed E-state index contributed by atoms with van der Waals surface area (Å²) in [4.78, 5) is 0. The minimum absolute atomic E-state index is 0.0162. The van der Waals surface area contributed by atoms with Crippen molar-refractivity contribution in [1.82, 2.24) is 0 Å². The fraction of sp³-hybridized carbons (Fsp3) is 0.455. The summed E-state index contributed by atoms with van der Waals surface area (Å²) in [7, 11) is -3.13. The van der Waals surface area contributed by atoms with Crippen LogP contribution in [0.25, 0.3) is 0 Å². The number of rotatable bonds is 2. The molecule has 1 heterocycles. The fourth-order valence-corrected chi connectivity index (χ4v) is 4.45. The molecule has 3 nitrogen and oxygen atoms in total. The lowest BCUT2D eigenvalue weighted by Crippen LogP contribution is -2.32. The van der Waals surface area contributed by atoms with E-state index in [1.54, 1.807) is 6.07 Å². The van der Waals surface area contributed by atoms with Gasteiger partial charge in [-0.1, -0.05) is 22.0 Å². The molecule has 1 saturated heterocycles. The molecule has 0 radical (unpaired) electrons. The second-order valence-electron chi connectivity index (χ2n) is 4.48. The average Bonchev–Trinajstić information content (AvgIpc) is 2.46. The fourth-order valence-electron chi connectivity index (χ4n) is 2.06. The quantitative estimate of drug-likeness (QED) is 0.901. The van der Waals surface area contributed by atoms with Crippen LogP contribution in [-0.4, -0.2) is 30.6 Å². The maximum absolute atomic E-state index is 12.9. The van der Waals surface area contributed by atoms with Gasteiger partial charge < -0.3 is 5.11 Å². The van der Waals surface area contributed by atoms with Crippen molar-refractivity contribution in [2.24, 2.45) is 0 Å². The average molecular weight is 323 g/mol. The highest BCUT2D eigenvalue weighted by atomic mass is 79.9. The molecule has 0 bridgehead atoms. The van der Waals surface area contributed by atoms with Crippen molar-refractivity contribution in [3.63, 3.8) is 0 Å². The van der Waals surface area contributed by atoms with Gasteiger partial charge in [0.25, 0.3) is 0 Å². The van der Waals surface area contributed by atoms with E-state index < -0.39 is 15.4 Å². The van der Waals surface area contributed by atoms with Crippen LogP contribution in [0.15, 0.2) is 22.7 Å². The molecule has 1 unspecified atom stereocenters. The summed E-state index contributed by atoms with van der Waals surface area (Å²) < 4.78 is 36.1. The first kappa shape index (κ1) is 13.0. The molecular weight excluding hydrogens is 311 g/mol. The van der Waals surface area contributed by atoms with Crippen LogP contribution in [0.2, 0.25) is 0 Å². The Kier molecular flexibility index (Phi) is 3.31. The highest BCUT2D eigenvalue weighted by Gasteiger charge is 2.40. The standard InChI is InChI=1S/C11H12BrFO3S/c12-10-5-9(13)2-1-8(10)6-11(14)3-4-17(15,16)7-11/h1-2,5,14H,3-4,6-7H2. The zero-order chi connectivity index (χ0) is 12.7. The van der Waals surface area contributed by atoms with Crippen molar-refractivity contribution in [1.29, 1.82) is 0 Å². The number of halogens is 2. The Hall–Kier alpha value is -0.460. The molecule has 0 saturated carbocycles. The molecule has 2 rings (SSSR count). The van der Waals surface area contributed by atoms with E-state index >= 15 is 0 Å². The van der Waals surface area contributed by atoms with Gasteiger partial charge >= 0.3 is 0 Å². The summed E-state index contributed by atoms with van der Waals surface area (Å²) in [6, 6.07) is 4.16. The van der Waals surface area contributed by atoms with Gasteiger partial charge in [-0.3, -0.25) is 0 Å². The Morgan fingerprint density at radius 3 is 2.71 bits per heavy atom. The summed E-state index contributed by atoms with van der Waals surface area (Å²) in [5.74, 6) is -0.571. The largest absolute Gasteiger partial charge is 0.388 e. The Balaban J connectivity index is 2.22. The van der Waals surface area contributed by atoms with Crippen LogP contribution in [0.5, 0.6) is 0 Å². The van der Waals surface area contributed by atoms with E-state index in [2.05, 4.69) is 15.9 Å². The SMILES string of the molecule is O=S1(=O)CCC(O)(Cc2ccc(F)cc2Br)C1. The molecule has 1 aliphatic heterocycles. The first-order valence-corrected chi connectivity index (χ1v) is 7.78. The van der Waals surface area contributed by atoms with Gasteiger partial charge in [-0.15, -0.1) is 0 Å². The Morgan fingerprint density at radius 1 is 1.47 bits per heavy atom. The van der Waals surface area contributed by atoms with Crippen LogP contribution in [0.1, 0.15) is 12.0 Å². The number of aliphatic hydroxyl groups is 1. The smallest absolute Gasteiger partial charge is 0.153 e. The third-order valence-electron chi connectivity index (χ3n) is 2.90. The summed E-state index contributed by atoms with van der Waals surface area (Å²) in [5.41, 5.74) is -0.509. The van der Waals surface area contributed by atoms with Crippen LogP contribution in [0.3, 0.4) is 0 Å². The van der Waals surface area contributed by atoms with Gasteiger partial charge in [-0.05, 0) is 24.1 Å². The molecule has 1 N–H and O–H groups in total. The second kappa shape index (κ2) is 4.33. The number of sulfone groups is 1. The predicted molar refractivity (Wildman–Crippen MR) is 66.0 cm³/mol. The molecule has 0 spiro atoms. The lowest BCUT2D eigenvalue weighted by molar-refractivity contribution is 0.0680. The van der Waals surface area contributed by atoms with Crippen molar-refractivity contribution in [3.05, 3.63) is 34.1 Å². The molecule has 1 aliphatic rings. The topological polar surface area (TPSA) is 54.4 Å². The summed E-state index contributed by atoms with van der Waals surface area (Å²) in [6.07, 6.45) is 0.451. The molecular formula is C11H12BrFO3S. The lowest BCUT2D eigenvalue weighted by Gasteiger charge is -2.21. The van der Waals surface area contributed by atoms with E-state index in [4.69, 9.17) is 0 Å². The van der Waals surface area contributed by atoms with E-state index in [0.29, 0.717) is 10.0 Å². The van der Waals surface area contributed by atoms with Crippen LogP contribution >= 0.6 is 15.9 Å². The number of benzene rings is 1. The van der Waals surface area contributed by atoms with Gasteiger partial charge in [0.2, 0.25) is 0 Å². The first-order chi connectivity index (χ1) is 7.80. The summed E-state index contributed by atoms with van der Waals surface area (Å²) in [5, 5.41) is 10.2. The van der Waals surface area contributed by atoms with Crippen molar-refractivity contribution in [2.45, 2.75) is 18.4 Å². The van der Waals surface area contributed by atoms with Crippen molar-refractivity contribution < 1.29 is 17.9 Å². The van der Waals surface area contributed by atoms with Crippen molar-refractivity contribution in [2.75, 3.05) is 11.5 Å². The van der Waals surface area contributed by atoms with Gasteiger partial charge in [0, 0.05) is 10.9 Å². The normalized spacial score (nSPS) is 27.2. The summed E-state index contributed by atoms with van der Waals surface area (Å²) >= 11 is 3.21. The van der Waals surface area contributed by atoms with Crippen LogP contribution in [-0.2, 0) is 16.3 Å². The first-order valence-electron chi connectivity index (χ1n) is 5.16. The molecule has 1 aromatic carbocycles. The second-order valence-corrected chi connectivity index (χ2v) is 7.52. The zero-order valence-corrected chi connectivity index (χ0v) is 11.4. The van der Waals surface area contributed by atoms with E-state index in [1.807, 2.05) is 0 Å². The van der Waals surface area contributed by atoms with E-state index in [9.17, 15) is 17.9 Å². The maximum atomic E-state index is 12.9. The third-order valence-corrected chi connectivity index (χ3v) is 5.44. The molecule has 94 valence electrons. The molecule has 6 heteroatoms. The monoisotopic (exact) mass is 322 g/mol. The highest BCUT2D eigenvalue weighted by molar-refractivity contribution is 9.10. The minimum Gasteiger partial charge on any atom is -0.388 e. The van der Waals surface area contributed by atoms with Crippen molar-refractivity contribution in [3.8, 4) is 0 Å². The van der Waals surface area contributed by atoms with E-state index in [0.717, 1.165) is 0 Å². The number of hydrogen-bond donors (Lipinski definition) is 1. The summed E-state index contributed by atoms with van der Waals surface area (Å²) in [6.45, 7) is 0. The Bertz CT molecular complexity index is 544. The predicted octanol–water partition coefficient (Wildman–Crippen LogP) is 1.68. The molecule has 1 atom stereocenters. The third kappa shape index (κ3) is 3.05. The Labute approximate surface area is 108 Å². The van der Waals surface area contributed by atoms with Gasteiger partial charge in [-0.2, -0.15) is 0 Å². The zero-order valence-electron chi connectivity index (χ0n) is 8.99. The van der Waals surface area contributed by atoms with E-state index in [-0.39, 0.29) is 30.2 Å². The van der Waals surface area contributed by atoms with Crippen molar-refractivity contribution >= 4 is 25.8 Å². The molecule has 1 fully saturated rings. The van der Waals surface area contributed by atoms with Gasteiger partial charge in [-0.25, -0.2) is 12.8 Å².